The lowest BCUT2D eigenvalue weighted by Gasteiger charge is -2.20. The van der Waals surface area contributed by atoms with Crippen LogP contribution in [-0.2, 0) is 6.42 Å². The Morgan fingerprint density at radius 1 is 1.40 bits per heavy atom. The van der Waals surface area contributed by atoms with Crippen molar-refractivity contribution in [2.45, 2.75) is 38.5 Å². The summed E-state index contributed by atoms with van der Waals surface area (Å²) in [4.78, 5) is 0. The van der Waals surface area contributed by atoms with E-state index in [1.165, 1.54) is 44.1 Å². The Labute approximate surface area is 102 Å². The van der Waals surface area contributed by atoms with Gasteiger partial charge in [0.1, 0.15) is 0 Å². The van der Waals surface area contributed by atoms with Crippen LogP contribution in [0.4, 0.5) is 0 Å². The zero-order valence-corrected chi connectivity index (χ0v) is 10.7. The molecule has 1 aliphatic carbocycles. The van der Waals surface area contributed by atoms with Gasteiger partial charge in [0.15, 0.2) is 0 Å². The topological polar surface area (TPSA) is 0 Å². The van der Waals surface area contributed by atoms with Crippen LogP contribution in [0.5, 0.6) is 0 Å². The average molecular weight is 243 g/mol. The molecule has 2 heteroatoms. The van der Waals surface area contributed by atoms with Gasteiger partial charge in [0, 0.05) is 5.88 Å². The van der Waals surface area contributed by atoms with Crippen molar-refractivity contribution >= 4 is 22.9 Å². The van der Waals surface area contributed by atoms with Crippen molar-refractivity contribution in [1.29, 1.82) is 0 Å². The SMILES string of the molecule is ClCC(CCc1ccsc1)C1CCCC1. The molecule has 0 saturated heterocycles. The number of aryl methyl sites for hydroxylation is 1. The summed E-state index contributed by atoms with van der Waals surface area (Å²) in [6.45, 7) is 0. The fraction of sp³-hybridized carbons (Fsp3) is 0.692. The van der Waals surface area contributed by atoms with E-state index in [0.29, 0.717) is 0 Å². The molecule has 1 heterocycles. The molecule has 1 aromatic heterocycles. The fourth-order valence-electron chi connectivity index (χ4n) is 2.65. The Kier molecular flexibility index (Phi) is 4.52. The smallest absolute Gasteiger partial charge is 0.0254 e. The highest BCUT2D eigenvalue weighted by molar-refractivity contribution is 7.07. The van der Waals surface area contributed by atoms with Gasteiger partial charge in [0.25, 0.3) is 0 Å². The lowest BCUT2D eigenvalue weighted by molar-refractivity contribution is 0.350. The van der Waals surface area contributed by atoms with Crippen LogP contribution < -0.4 is 0 Å². The summed E-state index contributed by atoms with van der Waals surface area (Å²) in [6, 6.07) is 2.24. The molecule has 1 saturated carbocycles. The van der Waals surface area contributed by atoms with E-state index < -0.39 is 0 Å². The first-order valence-electron chi connectivity index (χ1n) is 5.97. The predicted molar refractivity (Wildman–Crippen MR) is 68.8 cm³/mol. The molecule has 0 N–H and O–H groups in total. The summed E-state index contributed by atoms with van der Waals surface area (Å²) in [5.74, 6) is 2.53. The summed E-state index contributed by atoms with van der Waals surface area (Å²) in [5.41, 5.74) is 1.49. The highest BCUT2D eigenvalue weighted by atomic mass is 35.5. The van der Waals surface area contributed by atoms with Crippen LogP contribution in [0.25, 0.3) is 0 Å². The summed E-state index contributed by atoms with van der Waals surface area (Å²) in [6.07, 6.45) is 8.19. The molecule has 0 aromatic carbocycles. The Morgan fingerprint density at radius 3 is 2.80 bits per heavy atom. The molecule has 2 rings (SSSR count). The number of thiophene rings is 1. The lowest BCUT2D eigenvalue weighted by Crippen LogP contribution is -2.14. The summed E-state index contributed by atoms with van der Waals surface area (Å²) < 4.78 is 0. The molecule has 15 heavy (non-hydrogen) atoms. The third kappa shape index (κ3) is 3.22. The van der Waals surface area contributed by atoms with Crippen molar-refractivity contribution in [2.75, 3.05) is 5.88 Å². The highest BCUT2D eigenvalue weighted by Crippen LogP contribution is 2.34. The second-order valence-electron chi connectivity index (χ2n) is 4.63. The van der Waals surface area contributed by atoms with Crippen LogP contribution in [0, 0.1) is 11.8 Å². The molecule has 0 radical (unpaired) electrons. The van der Waals surface area contributed by atoms with Gasteiger partial charge in [-0.2, -0.15) is 11.3 Å². The Bertz CT molecular complexity index is 262. The number of alkyl halides is 1. The molecule has 1 aliphatic rings. The van der Waals surface area contributed by atoms with Crippen molar-refractivity contribution in [1.82, 2.24) is 0 Å². The summed E-state index contributed by atoms with van der Waals surface area (Å²) >= 11 is 7.89. The number of hydrogen-bond donors (Lipinski definition) is 0. The minimum absolute atomic E-state index is 0.758. The lowest BCUT2D eigenvalue weighted by atomic mass is 9.88. The van der Waals surface area contributed by atoms with Crippen molar-refractivity contribution < 1.29 is 0 Å². The first-order chi connectivity index (χ1) is 7.40. The average Bonchev–Trinajstić information content (AvgIpc) is 2.90. The van der Waals surface area contributed by atoms with Crippen molar-refractivity contribution in [3.05, 3.63) is 22.4 Å². The summed E-state index contributed by atoms with van der Waals surface area (Å²) in [5, 5.41) is 4.43. The van der Waals surface area contributed by atoms with Gasteiger partial charge >= 0.3 is 0 Å². The molecule has 0 aliphatic heterocycles. The first-order valence-corrected chi connectivity index (χ1v) is 7.45. The number of rotatable bonds is 5. The molecule has 1 aromatic rings. The Morgan fingerprint density at radius 2 is 2.20 bits per heavy atom. The second-order valence-corrected chi connectivity index (χ2v) is 5.72. The van der Waals surface area contributed by atoms with Crippen LogP contribution in [0.15, 0.2) is 16.8 Å². The fourth-order valence-corrected chi connectivity index (χ4v) is 3.76. The van der Waals surface area contributed by atoms with E-state index in [1.54, 1.807) is 11.3 Å². The van der Waals surface area contributed by atoms with Gasteiger partial charge in [-0.05, 0) is 47.1 Å². The Hall–Kier alpha value is -0.0100. The summed E-state index contributed by atoms with van der Waals surface area (Å²) in [7, 11) is 0. The van der Waals surface area contributed by atoms with Gasteiger partial charge in [-0.15, -0.1) is 11.6 Å². The molecule has 0 nitrogen and oxygen atoms in total. The number of hydrogen-bond acceptors (Lipinski definition) is 1. The van der Waals surface area contributed by atoms with Crippen LogP contribution in [0.2, 0.25) is 0 Å². The van der Waals surface area contributed by atoms with E-state index in [4.69, 9.17) is 11.6 Å². The molecule has 0 amide bonds. The molecule has 0 spiro atoms. The second kappa shape index (κ2) is 5.91. The first kappa shape index (κ1) is 11.5. The van der Waals surface area contributed by atoms with Gasteiger partial charge in [0.2, 0.25) is 0 Å². The van der Waals surface area contributed by atoms with Crippen LogP contribution in [0.1, 0.15) is 37.7 Å². The molecule has 84 valence electrons. The van der Waals surface area contributed by atoms with Crippen LogP contribution in [-0.4, -0.2) is 5.88 Å². The monoisotopic (exact) mass is 242 g/mol. The number of halogens is 1. The van der Waals surface area contributed by atoms with E-state index in [2.05, 4.69) is 16.8 Å². The van der Waals surface area contributed by atoms with E-state index in [0.717, 1.165) is 17.7 Å². The van der Waals surface area contributed by atoms with Crippen molar-refractivity contribution in [2.24, 2.45) is 11.8 Å². The van der Waals surface area contributed by atoms with E-state index >= 15 is 0 Å². The zero-order chi connectivity index (χ0) is 10.5. The highest BCUT2D eigenvalue weighted by Gasteiger charge is 2.23. The third-order valence-corrected chi connectivity index (χ3v) is 4.78. The quantitative estimate of drug-likeness (QED) is 0.655. The van der Waals surface area contributed by atoms with Gasteiger partial charge in [-0.1, -0.05) is 25.7 Å². The maximum atomic E-state index is 6.09. The zero-order valence-electron chi connectivity index (χ0n) is 9.12. The van der Waals surface area contributed by atoms with Crippen LogP contribution >= 0.6 is 22.9 Å². The van der Waals surface area contributed by atoms with E-state index in [-0.39, 0.29) is 0 Å². The predicted octanol–water partition coefficient (Wildman–Crippen LogP) is 4.73. The molecule has 0 bridgehead atoms. The van der Waals surface area contributed by atoms with E-state index in [1.807, 2.05) is 0 Å². The molecular formula is C13H19ClS. The van der Waals surface area contributed by atoms with Gasteiger partial charge in [0.05, 0.1) is 0 Å². The van der Waals surface area contributed by atoms with E-state index in [9.17, 15) is 0 Å². The minimum atomic E-state index is 0.758. The minimum Gasteiger partial charge on any atom is -0.152 e. The van der Waals surface area contributed by atoms with Crippen molar-refractivity contribution in [3.63, 3.8) is 0 Å². The standard InChI is InChI=1S/C13H19ClS/c14-9-13(12-3-1-2-4-12)6-5-11-7-8-15-10-11/h7-8,10,12-13H,1-6,9H2. The normalized spacial score (nSPS) is 19.5. The van der Waals surface area contributed by atoms with Gasteiger partial charge < -0.3 is 0 Å². The largest absolute Gasteiger partial charge is 0.152 e. The maximum Gasteiger partial charge on any atom is 0.0254 e. The van der Waals surface area contributed by atoms with Crippen LogP contribution in [0.3, 0.4) is 0 Å². The molecular weight excluding hydrogens is 224 g/mol. The maximum absolute atomic E-state index is 6.09. The van der Waals surface area contributed by atoms with Gasteiger partial charge in [-0.25, -0.2) is 0 Å². The Balaban J connectivity index is 1.80. The van der Waals surface area contributed by atoms with Gasteiger partial charge in [-0.3, -0.25) is 0 Å². The molecule has 1 fully saturated rings. The molecule has 1 atom stereocenters. The van der Waals surface area contributed by atoms with Crippen molar-refractivity contribution in [3.8, 4) is 0 Å². The molecule has 1 unspecified atom stereocenters. The third-order valence-electron chi connectivity index (χ3n) is 3.65.